The highest BCUT2D eigenvalue weighted by molar-refractivity contribution is 5.96. The number of carboxylic acid groups (broad SMARTS) is 1. The fraction of sp³-hybridized carbons (Fsp3) is 0.690. The van der Waals surface area contributed by atoms with Crippen molar-refractivity contribution in [3.05, 3.63) is 0 Å². The molecular weight excluding hydrogens is 694 g/mol. The summed E-state index contributed by atoms with van der Waals surface area (Å²) in [6, 6.07) is -8.02. The van der Waals surface area contributed by atoms with E-state index in [1.807, 2.05) is 0 Å². The minimum atomic E-state index is -1.58. The molecule has 0 aliphatic carbocycles. The molecule has 1 aliphatic rings. The second-order valence-electron chi connectivity index (χ2n) is 12.1. The van der Waals surface area contributed by atoms with Gasteiger partial charge >= 0.3 is 5.97 Å². The Kier molecular flexibility index (Phi) is 18.9. The van der Waals surface area contributed by atoms with E-state index in [0.717, 1.165) is 0 Å². The SMILES string of the molecule is C[C@H](NC(=O)[C@@H](NC(=O)[C@@H](N)CO)[C@@H](C)O)C(=O)N1CCC[C@H]1C(=O)NCC(=O)NCC(=O)N[C@H](C(=O)N[C@@H](CCCN=C(N)N)C(=O)O)[C@@H](C)O. The number of nitrogens with zero attached hydrogens (tertiary/aromatic N) is 2. The lowest BCUT2D eigenvalue weighted by atomic mass is 10.1. The van der Waals surface area contributed by atoms with Crippen LogP contribution >= 0.6 is 0 Å². The van der Waals surface area contributed by atoms with Crippen molar-refractivity contribution in [2.75, 3.05) is 32.8 Å². The zero-order chi connectivity index (χ0) is 39.7. The molecule has 23 heteroatoms. The highest BCUT2D eigenvalue weighted by atomic mass is 16.4. The first-order valence-corrected chi connectivity index (χ1v) is 16.4. The summed E-state index contributed by atoms with van der Waals surface area (Å²) in [5, 5.41) is 52.1. The average Bonchev–Trinajstić information content (AvgIpc) is 3.57. The molecule has 0 aromatic rings. The molecule has 1 aliphatic heterocycles. The van der Waals surface area contributed by atoms with Crippen molar-refractivity contribution in [1.82, 2.24) is 36.8 Å². The van der Waals surface area contributed by atoms with Crippen LogP contribution in [0.3, 0.4) is 0 Å². The fourth-order valence-corrected chi connectivity index (χ4v) is 4.84. The molecule has 1 fully saturated rings. The molecule has 1 heterocycles. The van der Waals surface area contributed by atoms with Crippen molar-refractivity contribution in [2.45, 2.75) is 94.9 Å². The Morgan fingerprint density at radius 3 is 1.96 bits per heavy atom. The maximum absolute atomic E-state index is 13.2. The quantitative estimate of drug-likeness (QED) is 0.0295. The molecule has 1 saturated heterocycles. The Bertz CT molecular complexity index is 1320. The van der Waals surface area contributed by atoms with Gasteiger partial charge in [-0.3, -0.25) is 38.6 Å². The number of carbonyl (C=O) groups is 8. The van der Waals surface area contributed by atoms with Crippen LogP contribution in [0.1, 0.15) is 46.5 Å². The number of guanidine groups is 1. The third kappa shape index (κ3) is 15.0. The number of nitrogens with two attached hydrogens (primary N) is 3. The summed E-state index contributed by atoms with van der Waals surface area (Å²) < 4.78 is 0. The van der Waals surface area contributed by atoms with Crippen LogP contribution in [-0.4, -0.2) is 160 Å². The van der Waals surface area contributed by atoms with Crippen LogP contribution in [0.2, 0.25) is 0 Å². The van der Waals surface area contributed by atoms with E-state index in [9.17, 15) is 53.7 Å². The second kappa shape index (κ2) is 21.9. The number of rotatable bonds is 21. The minimum absolute atomic E-state index is 0.0591. The summed E-state index contributed by atoms with van der Waals surface area (Å²) >= 11 is 0. The third-order valence-corrected chi connectivity index (χ3v) is 7.67. The number of carbonyl (C=O) groups excluding carboxylic acids is 7. The molecule has 52 heavy (non-hydrogen) atoms. The summed E-state index contributed by atoms with van der Waals surface area (Å²) in [7, 11) is 0. The molecule has 0 saturated carbocycles. The van der Waals surface area contributed by atoms with Crippen LogP contribution in [0, 0.1) is 0 Å². The number of carboxylic acids is 1. The van der Waals surface area contributed by atoms with E-state index in [2.05, 4.69) is 36.9 Å². The van der Waals surface area contributed by atoms with Gasteiger partial charge in [0.25, 0.3) is 0 Å². The average molecular weight is 746 g/mol. The van der Waals surface area contributed by atoms with Crippen LogP contribution in [0.4, 0.5) is 0 Å². The zero-order valence-corrected chi connectivity index (χ0v) is 29.2. The largest absolute Gasteiger partial charge is 0.480 e. The first-order chi connectivity index (χ1) is 24.3. The van der Waals surface area contributed by atoms with Gasteiger partial charge in [-0.2, -0.15) is 0 Å². The zero-order valence-electron chi connectivity index (χ0n) is 29.2. The first kappa shape index (κ1) is 44.9. The molecule has 0 bridgehead atoms. The van der Waals surface area contributed by atoms with E-state index in [0.29, 0.717) is 6.42 Å². The Balaban J connectivity index is 2.67. The van der Waals surface area contributed by atoms with E-state index in [1.165, 1.54) is 25.7 Å². The van der Waals surface area contributed by atoms with Gasteiger partial charge in [-0.05, 0) is 46.5 Å². The molecule has 294 valence electrons. The predicted molar refractivity (Wildman–Crippen MR) is 180 cm³/mol. The van der Waals surface area contributed by atoms with Crippen molar-refractivity contribution in [2.24, 2.45) is 22.2 Å². The molecule has 0 aromatic carbocycles. The van der Waals surface area contributed by atoms with Crippen molar-refractivity contribution in [3.63, 3.8) is 0 Å². The number of aliphatic hydroxyl groups excluding tert-OH is 3. The van der Waals surface area contributed by atoms with Gasteiger partial charge in [0.1, 0.15) is 36.3 Å². The topological polar surface area (TPSA) is 383 Å². The van der Waals surface area contributed by atoms with Crippen molar-refractivity contribution >= 4 is 53.3 Å². The van der Waals surface area contributed by atoms with Crippen molar-refractivity contribution < 1.29 is 58.8 Å². The fourth-order valence-electron chi connectivity index (χ4n) is 4.84. The molecule has 23 nitrogen and oxygen atoms in total. The molecule has 8 atom stereocenters. The standard InChI is InChI=1S/C29H51N11O12/c1-13(36-25(48)22(15(3)43)39-23(46)16(30)12-41)27(50)40-9-5-7-18(40)24(47)35-10-19(44)34-11-20(45)38-21(14(2)42)26(49)37-17(28(51)52)6-4-8-33-29(31)32/h13-18,21-22,41-43H,4-12,30H2,1-3H3,(H,34,44)(H,35,47)(H,36,48)(H,37,49)(H,38,45)(H,39,46)(H,51,52)(H4,31,32,33)/t13-,14+,15+,16-,17-,18-,21-,22-/m0/s1. The van der Waals surface area contributed by atoms with Gasteiger partial charge < -0.3 is 74.4 Å². The number of nitrogens with one attached hydrogen (secondary N) is 6. The Hall–Kier alpha value is -5.13. The highest BCUT2D eigenvalue weighted by Gasteiger charge is 2.38. The van der Waals surface area contributed by atoms with Gasteiger partial charge in [-0.25, -0.2) is 4.79 Å². The van der Waals surface area contributed by atoms with Gasteiger partial charge in [0.15, 0.2) is 5.96 Å². The summed E-state index contributed by atoms with van der Waals surface area (Å²) in [4.78, 5) is 105. The Morgan fingerprint density at radius 1 is 0.827 bits per heavy atom. The van der Waals surface area contributed by atoms with E-state index < -0.39 is 115 Å². The van der Waals surface area contributed by atoms with E-state index in [1.54, 1.807) is 0 Å². The molecule has 0 spiro atoms. The van der Waals surface area contributed by atoms with Gasteiger partial charge in [0, 0.05) is 13.1 Å². The van der Waals surface area contributed by atoms with Crippen LogP contribution in [0.25, 0.3) is 0 Å². The molecule has 0 unspecified atom stereocenters. The number of aliphatic hydroxyl groups is 3. The monoisotopic (exact) mass is 745 g/mol. The normalized spacial score (nSPS) is 17.8. The third-order valence-electron chi connectivity index (χ3n) is 7.67. The first-order valence-electron chi connectivity index (χ1n) is 16.4. The van der Waals surface area contributed by atoms with Crippen molar-refractivity contribution in [3.8, 4) is 0 Å². The van der Waals surface area contributed by atoms with E-state index >= 15 is 0 Å². The summed E-state index contributed by atoms with van der Waals surface area (Å²) in [5.41, 5.74) is 15.9. The molecule has 16 N–H and O–H groups in total. The number of aliphatic imine (C=N–C) groups is 1. The summed E-state index contributed by atoms with van der Waals surface area (Å²) in [6.45, 7) is 1.99. The van der Waals surface area contributed by atoms with Crippen molar-refractivity contribution in [1.29, 1.82) is 0 Å². The molecule has 1 rings (SSSR count). The number of likely N-dealkylation sites (tertiary alicyclic amines) is 1. The lowest BCUT2D eigenvalue weighted by molar-refractivity contribution is -0.143. The van der Waals surface area contributed by atoms with Gasteiger partial charge in [0.2, 0.25) is 41.4 Å². The number of amides is 7. The maximum atomic E-state index is 13.2. The number of aliphatic carboxylic acids is 1. The van der Waals surface area contributed by atoms with Gasteiger partial charge in [-0.1, -0.05) is 0 Å². The van der Waals surface area contributed by atoms with Crippen LogP contribution in [0.15, 0.2) is 4.99 Å². The molecular formula is C29H51N11O12. The lowest BCUT2D eigenvalue weighted by Gasteiger charge is -2.28. The minimum Gasteiger partial charge on any atom is -0.480 e. The van der Waals surface area contributed by atoms with Crippen LogP contribution in [-0.2, 0) is 38.4 Å². The van der Waals surface area contributed by atoms with Crippen LogP contribution < -0.4 is 49.1 Å². The predicted octanol–water partition coefficient (Wildman–Crippen LogP) is -7.61. The molecule has 0 radical (unpaired) electrons. The number of hydrogen-bond acceptors (Lipinski definition) is 13. The summed E-state index contributed by atoms with van der Waals surface area (Å²) in [5.74, 6) is -7.49. The summed E-state index contributed by atoms with van der Waals surface area (Å²) in [6.07, 6.45) is -2.06. The van der Waals surface area contributed by atoms with Crippen LogP contribution in [0.5, 0.6) is 0 Å². The van der Waals surface area contributed by atoms with Gasteiger partial charge in [-0.15, -0.1) is 0 Å². The maximum Gasteiger partial charge on any atom is 0.326 e. The number of hydrogen-bond donors (Lipinski definition) is 13. The Morgan fingerprint density at radius 2 is 1.40 bits per heavy atom. The van der Waals surface area contributed by atoms with Gasteiger partial charge in [0.05, 0.1) is 31.9 Å². The smallest absolute Gasteiger partial charge is 0.326 e. The molecule has 7 amide bonds. The lowest BCUT2D eigenvalue weighted by Crippen LogP contribution is -2.59. The highest BCUT2D eigenvalue weighted by Crippen LogP contribution is 2.18. The Labute approximate surface area is 298 Å². The molecule has 0 aromatic heterocycles. The van der Waals surface area contributed by atoms with E-state index in [-0.39, 0.29) is 38.3 Å². The second-order valence-corrected chi connectivity index (χ2v) is 12.1. The van der Waals surface area contributed by atoms with E-state index in [4.69, 9.17) is 22.3 Å².